The van der Waals surface area contributed by atoms with Crippen molar-refractivity contribution < 1.29 is 0 Å². The van der Waals surface area contributed by atoms with Crippen LogP contribution in [0.2, 0.25) is 0 Å². The fraction of sp³-hybridized carbons (Fsp3) is 0.129. The van der Waals surface area contributed by atoms with Crippen molar-refractivity contribution in [2.24, 2.45) is 0 Å². The molecule has 2 aliphatic rings. The molecule has 0 unspecified atom stereocenters. The van der Waals surface area contributed by atoms with E-state index in [-0.39, 0.29) is 17.5 Å². The molecule has 5 heterocycles. The van der Waals surface area contributed by atoms with Crippen molar-refractivity contribution >= 4 is 88.5 Å². The number of fused-ring (bicyclic) bond motifs is 13. The zero-order chi connectivity index (χ0) is 44.4. The van der Waals surface area contributed by atoms with Crippen molar-refractivity contribution in [2.45, 2.75) is 52.4 Å². The molecule has 4 heteroatoms. The molecule has 0 bridgehead atoms. The smallest absolute Gasteiger partial charge is 0.252 e. The zero-order valence-corrected chi connectivity index (χ0v) is 38.2. The van der Waals surface area contributed by atoms with E-state index in [0.29, 0.717) is 0 Å². The van der Waals surface area contributed by atoms with Crippen molar-refractivity contribution in [1.29, 1.82) is 0 Å². The molecule has 0 saturated carbocycles. The maximum absolute atomic E-state index is 2.62. The predicted octanol–water partition coefficient (Wildman–Crippen LogP) is 14.0. The van der Waals surface area contributed by atoms with E-state index in [0.717, 1.165) is 0 Å². The molecular weight excluding hydrogens is 798 g/mol. The van der Waals surface area contributed by atoms with Gasteiger partial charge in [0.15, 0.2) is 0 Å². The second kappa shape index (κ2) is 13.0. The topological polar surface area (TPSA) is 14.8 Å². The number of nitrogens with zero attached hydrogens (tertiary/aromatic N) is 3. The molecule has 0 aliphatic carbocycles. The Morgan fingerprint density at radius 3 is 1.18 bits per heavy atom. The number of para-hydroxylation sites is 2. The van der Waals surface area contributed by atoms with Gasteiger partial charge < -0.3 is 13.7 Å². The third-order valence-corrected chi connectivity index (χ3v) is 15.1. The van der Waals surface area contributed by atoms with Gasteiger partial charge in [0.1, 0.15) is 0 Å². The largest absolute Gasteiger partial charge is 0.310 e. The first-order valence-corrected chi connectivity index (χ1v) is 23.5. The van der Waals surface area contributed by atoms with Crippen LogP contribution in [-0.4, -0.2) is 20.4 Å². The van der Waals surface area contributed by atoms with Crippen LogP contribution in [0.25, 0.3) is 105 Å². The number of hydrogen-bond donors (Lipinski definition) is 0. The van der Waals surface area contributed by atoms with Gasteiger partial charge in [-0.2, -0.15) is 0 Å². The van der Waals surface area contributed by atoms with Gasteiger partial charge in [-0.3, -0.25) is 0 Å². The average molecular weight is 846 g/mol. The van der Waals surface area contributed by atoms with Crippen molar-refractivity contribution in [3.63, 3.8) is 0 Å². The average Bonchev–Trinajstić information content (AvgIpc) is 3.97. The van der Waals surface area contributed by atoms with Crippen LogP contribution in [0.5, 0.6) is 0 Å². The van der Waals surface area contributed by atoms with E-state index in [4.69, 9.17) is 0 Å². The molecular formula is C62H48BN3. The van der Waals surface area contributed by atoms with E-state index in [2.05, 4.69) is 237 Å². The van der Waals surface area contributed by atoms with Crippen molar-refractivity contribution in [1.82, 2.24) is 13.7 Å². The number of rotatable bonds is 3. The van der Waals surface area contributed by atoms with E-state index in [9.17, 15) is 0 Å². The van der Waals surface area contributed by atoms with Gasteiger partial charge in [-0.1, -0.05) is 175 Å². The summed E-state index contributed by atoms with van der Waals surface area (Å²) in [5.74, 6) is 0. The summed E-state index contributed by atoms with van der Waals surface area (Å²) in [7, 11) is 0. The summed E-state index contributed by atoms with van der Waals surface area (Å²) in [5.41, 5.74) is 22.9. The van der Waals surface area contributed by atoms with Crippen LogP contribution in [0, 0.1) is 0 Å². The standard InChI is InChI=1S/C62H48BN3/c1-61(2,3)41-25-27-46-47-28-26-42(62(4,5)6)34-55(47)64(54(46)33-41)43-35-56-58-57(36-43)66-53-24-16-14-22-45(53)49-30-40(38-19-11-8-12-20-38)32-51(60(49)66)63(58)50-31-39(37-17-9-7-10-18-37)29-48-44-21-13-15-23-52(44)65(56)59(48)50/h7-36H,1-6H3. The Labute approximate surface area is 385 Å². The Morgan fingerprint density at radius 1 is 0.333 bits per heavy atom. The Balaban J connectivity index is 1.20. The van der Waals surface area contributed by atoms with E-state index in [1.807, 2.05) is 0 Å². The first kappa shape index (κ1) is 37.8. The third-order valence-electron chi connectivity index (χ3n) is 15.1. The molecule has 2 aliphatic heterocycles. The van der Waals surface area contributed by atoms with E-state index >= 15 is 0 Å². The van der Waals surface area contributed by atoms with Crippen LogP contribution in [-0.2, 0) is 10.8 Å². The second-order valence-corrected chi connectivity index (χ2v) is 21.0. The van der Waals surface area contributed by atoms with Gasteiger partial charge in [0, 0.05) is 54.7 Å². The van der Waals surface area contributed by atoms with Crippen LogP contribution in [0.1, 0.15) is 52.7 Å². The normalized spacial score (nSPS) is 13.3. The molecule has 0 amide bonds. The van der Waals surface area contributed by atoms with Crippen molar-refractivity contribution in [3.05, 3.63) is 193 Å². The van der Waals surface area contributed by atoms with Gasteiger partial charge in [0.05, 0.1) is 27.8 Å². The fourth-order valence-electron chi connectivity index (χ4n) is 11.9. The lowest BCUT2D eigenvalue weighted by molar-refractivity contribution is 0.591. The Hall–Kier alpha value is -7.56. The first-order valence-electron chi connectivity index (χ1n) is 23.5. The Morgan fingerprint density at radius 2 is 0.742 bits per heavy atom. The molecule has 314 valence electrons. The van der Waals surface area contributed by atoms with Crippen molar-refractivity contribution in [2.75, 3.05) is 0 Å². The van der Waals surface area contributed by atoms with Gasteiger partial charge >= 0.3 is 0 Å². The lowest BCUT2D eigenvalue weighted by atomic mass is 9.34. The van der Waals surface area contributed by atoms with E-state index < -0.39 is 0 Å². The SMILES string of the molecule is CC(C)(C)c1ccc2c3ccc(C(C)(C)C)cc3n(-c3cc4c5c(c3)-n3c6ccccc6c6cc(-c7ccccc7)cc(c63)B5c3cc(-c5ccccc5)cc5c6ccccc6n-4c35)c2c1. The molecule has 0 fully saturated rings. The minimum Gasteiger partial charge on any atom is -0.310 e. The minimum absolute atomic E-state index is 0.0168. The van der Waals surface area contributed by atoms with Gasteiger partial charge in [0.25, 0.3) is 6.71 Å². The summed E-state index contributed by atoms with van der Waals surface area (Å²) >= 11 is 0. The summed E-state index contributed by atoms with van der Waals surface area (Å²) in [6.45, 7) is 13.9. The summed E-state index contributed by atoms with van der Waals surface area (Å²) in [6.07, 6.45) is 0. The summed E-state index contributed by atoms with van der Waals surface area (Å²) in [4.78, 5) is 0. The molecule has 0 atom stereocenters. The molecule has 0 N–H and O–H groups in total. The highest BCUT2D eigenvalue weighted by molar-refractivity contribution is 7.00. The maximum atomic E-state index is 2.62. The van der Waals surface area contributed by atoms with Gasteiger partial charge in [0.2, 0.25) is 0 Å². The highest BCUT2D eigenvalue weighted by atomic mass is 15.1. The molecule has 0 spiro atoms. The highest BCUT2D eigenvalue weighted by Crippen LogP contribution is 2.44. The zero-order valence-electron chi connectivity index (χ0n) is 38.2. The van der Waals surface area contributed by atoms with Crippen LogP contribution in [0.3, 0.4) is 0 Å². The lowest BCUT2D eigenvalue weighted by Gasteiger charge is -2.35. The maximum Gasteiger partial charge on any atom is 0.252 e. The molecule has 14 rings (SSSR count). The molecule has 0 saturated heterocycles. The summed E-state index contributed by atoms with van der Waals surface area (Å²) < 4.78 is 7.84. The van der Waals surface area contributed by atoms with Crippen LogP contribution < -0.4 is 16.4 Å². The Kier molecular flexibility index (Phi) is 7.47. The minimum atomic E-state index is -0.0202. The van der Waals surface area contributed by atoms with Crippen LogP contribution in [0.4, 0.5) is 0 Å². The summed E-state index contributed by atoms with van der Waals surface area (Å²) in [5, 5.41) is 7.70. The number of benzene rings is 9. The molecule has 66 heavy (non-hydrogen) atoms. The molecule has 3 nitrogen and oxygen atoms in total. The quantitative estimate of drug-likeness (QED) is 0.157. The van der Waals surface area contributed by atoms with Crippen molar-refractivity contribution in [3.8, 4) is 39.3 Å². The number of hydrogen-bond acceptors (Lipinski definition) is 0. The van der Waals surface area contributed by atoms with Gasteiger partial charge in [-0.25, -0.2) is 0 Å². The lowest BCUT2D eigenvalue weighted by Crippen LogP contribution is -2.59. The molecule has 9 aromatic carbocycles. The van der Waals surface area contributed by atoms with Gasteiger partial charge in [-0.15, -0.1) is 0 Å². The summed E-state index contributed by atoms with van der Waals surface area (Å²) in [6, 6.07) is 69.5. The highest BCUT2D eigenvalue weighted by Gasteiger charge is 2.42. The fourth-order valence-corrected chi connectivity index (χ4v) is 11.9. The monoisotopic (exact) mass is 845 g/mol. The third kappa shape index (κ3) is 5.10. The van der Waals surface area contributed by atoms with Crippen LogP contribution in [0.15, 0.2) is 182 Å². The molecule has 0 radical (unpaired) electrons. The second-order valence-electron chi connectivity index (χ2n) is 21.0. The number of aromatic nitrogens is 3. The predicted molar refractivity (Wildman–Crippen MR) is 282 cm³/mol. The Bertz CT molecular complexity index is 3800. The van der Waals surface area contributed by atoms with E-state index in [1.54, 1.807) is 0 Å². The van der Waals surface area contributed by atoms with E-state index in [1.165, 1.54) is 132 Å². The van der Waals surface area contributed by atoms with Crippen LogP contribution >= 0.6 is 0 Å². The first-order chi connectivity index (χ1) is 32.0. The van der Waals surface area contributed by atoms with Gasteiger partial charge in [-0.05, 0) is 109 Å². The molecule has 12 aromatic rings. The molecule has 3 aromatic heterocycles.